The molecule has 0 atom stereocenters. The first-order valence-electron chi connectivity index (χ1n) is 7.11. The predicted molar refractivity (Wildman–Crippen MR) is 92.3 cm³/mol. The molecular weight excluding hydrogens is 306 g/mol. The predicted octanol–water partition coefficient (Wildman–Crippen LogP) is 3.64. The Balaban J connectivity index is 1.73. The zero-order valence-corrected chi connectivity index (χ0v) is 12.9. The lowest BCUT2D eigenvalue weighted by Gasteiger charge is -2.01. The van der Waals surface area contributed by atoms with E-state index < -0.39 is 0 Å². The van der Waals surface area contributed by atoms with E-state index in [1.165, 1.54) is 11.3 Å². The van der Waals surface area contributed by atoms with Crippen LogP contribution in [0, 0.1) is 0 Å². The minimum absolute atomic E-state index is 0.491. The molecule has 6 heteroatoms. The number of para-hydroxylation sites is 1. The molecule has 2 aromatic carbocycles. The van der Waals surface area contributed by atoms with Gasteiger partial charge in [0.25, 0.3) is 0 Å². The number of anilines is 1. The van der Waals surface area contributed by atoms with Crippen molar-refractivity contribution in [2.24, 2.45) is 0 Å². The fourth-order valence-corrected chi connectivity index (χ4v) is 3.15. The average Bonchev–Trinajstić information content (AvgIpc) is 3.23. The number of hydrogen-bond donors (Lipinski definition) is 1. The van der Waals surface area contributed by atoms with Gasteiger partial charge >= 0.3 is 0 Å². The van der Waals surface area contributed by atoms with Crippen LogP contribution in [-0.2, 0) is 0 Å². The molecule has 0 saturated heterocycles. The molecule has 0 aliphatic heterocycles. The molecule has 0 saturated carbocycles. The van der Waals surface area contributed by atoms with Gasteiger partial charge in [-0.05, 0) is 12.1 Å². The van der Waals surface area contributed by atoms with E-state index in [1.807, 2.05) is 66.0 Å². The Kier molecular flexibility index (Phi) is 3.36. The van der Waals surface area contributed by atoms with Crippen molar-refractivity contribution in [2.45, 2.75) is 0 Å². The third-order valence-corrected chi connectivity index (χ3v) is 4.33. The maximum absolute atomic E-state index is 6.22. The number of thiazole rings is 1. The van der Waals surface area contributed by atoms with Gasteiger partial charge in [-0.15, -0.1) is 16.4 Å². The Morgan fingerprint density at radius 2 is 1.61 bits per heavy atom. The SMILES string of the molecule is Nc1c(-c2nc(-c3ccccc3)cs2)nnn1-c1ccccc1. The Hall–Kier alpha value is -2.99. The Morgan fingerprint density at radius 1 is 0.913 bits per heavy atom. The highest BCUT2D eigenvalue weighted by molar-refractivity contribution is 7.13. The summed E-state index contributed by atoms with van der Waals surface area (Å²) in [6.07, 6.45) is 0. The van der Waals surface area contributed by atoms with Crippen LogP contribution in [0.5, 0.6) is 0 Å². The van der Waals surface area contributed by atoms with E-state index in [2.05, 4.69) is 15.3 Å². The molecular formula is C17H13N5S. The van der Waals surface area contributed by atoms with Crippen LogP contribution in [0.3, 0.4) is 0 Å². The first-order valence-corrected chi connectivity index (χ1v) is 7.99. The number of rotatable bonds is 3. The number of nitrogens with zero attached hydrogens (tertiary/aromatic N) is 4. The number of benzene rings is 2. The summed E-state index contributed by atoms with van der Waals surface area (Å²) < 4.78 is 1.62. The van der Waals surface area contributed by atoms with Gasteiger partial charge in [0.2, 0.25) is 0 Å². The molecule has 4 rings (SSSR count). The van der Waals surface area contributed by atoms with Crippen molar-refractivity contribution in [3.05, 3.63) is 66.0 Å². The smallest absolute Gasteiger partial charge is 0.165 e. The van der Waals surface area contributed by atoms with Crippen LogP contribution in [0.15, 0.2) is 66.0 Å². The summed E-state index contributed by atoms with van der Waals surface area (Å²) in [6.45, 7) is 0. The molecule has 0 radical (unpaired) electrons. The molecule has 112 valence electrons. The first-order chi connectivity index (χ1) is 11.3. The van der Waals surface area contributed by atoms with Crippen molar-refractivity contribution in [3.63, 3.8) is 0 Å². The fourth-order valence-electron chi connectivity index (χ4n) is 2.33. The minimum Gasteiger partial charge on any atom is -0.382 e. The second-order valence-corrected chi connectivity index (χ2v) is 5.83. The molecule has 2 heterocycles. The van der Waals surface area contributed by atoms with E-state index in [-0.39, 0.29) is 0 Å². The zero-order valence-electron chi connectivity index (χ0n) is 12.1. The lowest BCUT2D eigenvalue weighted by atomic mass is 10.2. The lowest BCUT2D eigenvalue weighted by Crippen LogP contribution is -2.01. The quantitative estimate of drug-likeness (QED) is 0.626. The van der Waals surface area contributed by atoms with Gasteiger partial charge in [-0.3, -0.25) is 0 Å². The van der Waals surface area contributed by atoms with Crippen molar-refractivity contribution in [1.82, 2.24) is 20.0 Å². The Morgan fingerprint density at radius 3 is 2.35 bits per heavy atom. The molecule has 0 spiro atoms. The van der Waals surface area contributed by atoms with E-state index in [4.69, 9.17) is 5.73 Å². The third-order valence-electron chi connectivity index (χ3n) is 3.48. The van der Waals surface area contributed by atoms with Gasteiger partial charge in [0.05, 0.1) is 11.4 Å². The number of hydrogen-bond acceptors (Lipinski definition) is 5. The number of nitrogens with two attached hydrogens (primary N) is 1. The second-order valence-electron chi connectivity index (χ2n) is 4.97. The standard InChI is InChI=1S/C17H13N5S/c18-16-15(20-21-22(16)13-9-5-2-6-10-13)17-19-14(11-23-17)12-7-3-1-4-8-12/h1-11H,18H2. The molecule has 0 bridgehead atoms. The fraction of sp³-hybridized carbons (Fsp3) is 0. The van der Waals surface area contributed by atoms with Crippen LogP contribution in [-0.4, -0.2) is 20.0 Å². The van der Waals surface area contributed by atoms with Crippen molar-refractivity contribution in [2.75, 3.05) is 5.73 Å². The van der Waals surface area contributed by atoms with Crippen LogP contribution in [0.1, 0.15) is 0 Å². The van der Waals surface area contributed by atoms with Gasteiger partial charge in [0.1, 0.15) is 5.01 Å². The van der Waals surface area contributed by atoms with Crippen molar-refractivity contribution < 1.29 is 0 Å². The molecule has 5 nitrogen and oxygen atoms in total. The van der Waals surface area contributed by atoms with Gasteiger partial charge < -0.3 is 5.73 Å². The van der Waals surface area contributed by atoms with E-state index >= 15 is 0 Å². The summed E-state index contributed by atoms with van der Waals surface area (Å²) >= 11 is 1.51. The monoisotopic (exact) mass is 319 g/mol. The lowest BCUT2D eigenvalue weighted by molar-refractivity contribution is 0.810. The van der Waals surface area contributed by atoms with Crippen LogP contribution < -0.4 is 5.73 Å². The molecule has 0 unspecified atom stereocenters. The van der Waals surface area contributed by atoms with Gasteiger partial charge in [-0.25, -0.2) is 4.98 Å². The number of aromatic nitrogens is 4. The molecule has 4 aromatic rings. The van der Waals surface area contributed by atoms with E-state index in [0.717, 1.165) is 22.0 Å². The molecule has 0 fully saturated rings. The molecule has 2 aromatic heterocycles. The summed E-state index contributed by atoms with van der Waals surface area (Å²) in [7, 11) is 0. The van der Waals surface area contributed by atoms with Crippen molar-refractivity contribution >= 4 is 17.2 Å². The van der Waals surface area contributed by atoms with Crippen LogP contribution >= 0.6 is 11.3 Å². The third kappa shape index (κ3) is 2.49. The average molecular weight is 319 g/mol. The van der Waals surface area contributed by atoms with Crippen LogP contribution in [0.2, 0.25) is 0 Å². The van der Waals surface area contributed by atoms with E-state index in [9.17, 15) is 0 Å². The van der Waals surface area contributed by atoms with Gasteiger partial charge in [-0.1, -0.05) is 53.7 Å². The molecule has 23 heavy (non-hydrogen) atoms. The topological polar surface area (TPSA) is 69.6 Å². The van der Waals surface area contributed by atoms with E-state index in [0.29, 0.717) is 11.5 Å². The molecule has 2 N–H and O–H groups in total. The molecule has 0 amide bonds. The van der Waals surface area contributed by atoms with Gasteiger partial charge in [0.15, 0.2) is 11.5 Å². The summed E-state index contributed by atoms with van der Waals surface area (Å²) in [6, 6.07) is 19.7. The highest BCUT2D eigenvalue weighted by Crippen LogP contribution is 2.31. The second kappa shape index (κ2) is 5.66. The first kappa shape index (κ1) is 13.7. The van der Waals surface area contributed by atoms with Crippen LogP contribution in [0.25, 0.3) is 27.6 Å². The largest absolute Gasteiger partial charge is 0.382 e. The van der Waals surface area contributed by atoms with Crippen LogP contribution in [0.4, 0.5) is 5.82 Å². The van der Waals surface area contributed by atoms with Gasteiger partial charge in [0, 0.05) is 10.9 Å². The summed E-state index contributed by atoms with van der Waals surface area (Å²) in [5.41, 5.74) is 9.70. The highest BCUT2D eigenvalue weighted by atomic mass is 32.1. The summed E-state index contributed by atoms with van der Waals surface area (Å²) in [5, 5.41) is 11.1. The number of nitrogen functional groups attached to an aromatic ring is 1. The summed E-state index contributed by atoms with van der Waals surface area (Å²) in [5.74, 6) is 0.491. The normalized spacial score (nSPS) is 10.8. The highest BCUT2D eigenvalue weighted by Gasteiger charge is 2.16. The van der Waals surface area contributed by atoms with Crippen molar-refractivity contribution in [3.8, 4) is 27.6 Å². The maximum Gasteiger partial charge on any atom is 0.165 e. The Labute approximate surface area is 137 Å². The van der Waals surface area contributed by atoms with Crippen molar-refractivity contribution in [1.29, 1.82) is 0 Å². The molecule has 0 aliphatic carbocycles. The Bertz CT molecular complexity index is 928. The summed E-state index contributed by atoms with van der Waals surface area (Å²) in [4.78, 5) is 4.64. The zero-order chi connectivity index (χ0) is 15.6. The minimum atomic E-state index is 0.491. The van der Waals surface area contributed by atoms with E-state index in [1.54, 1.807) is 4.68 Å². The van der Waals surface area contributed by atoms with Gasteiger partial charge in [-0.2, -0.15) is 4.68 Å². The molecule has 0 aliphatic rings. The maximum atomic E-state index is 6.22.